The minimum atomic E-state index is 0.622. The Morgan fingerprint density at radius 2 is 2.05 bits per heavy atom. The first kappa shape index (κ1) is 12.3. The lowest BCUT2D eigenvalue weighted by atomic mass is 10.2. The summed E-state index contributed by atoms with van der Waals surface area (Å²) < 4.78 is 4.15. The van der Waals surface area contributed by atoms with Crippen molar-refractivity contribution < 1.29 is 0 Å². The second-order valence-electron chi connectivity index (χ2n) is 5.53. The smallest absolute Gasteiger partial charge is 0.203 e. The van der Waals surface area contributed by atoms with E-state index in [4.69, 9.17) is 0 Å². The van der Waals surface area contributed by atoms with Crippen LogP contribution in [0.15, 0.2) is 6.20 Å². The van der Waals surface area contributed by atoms with Crippen LogP contribution in [0.4, 0.5) is 5.95 Å². The number of hydrogen-bond acceptors (Lipinski definition) is 3. The number of aromatic nitrogens is 4. The van der Waals surface area contributed by atoms with Crippen LogP contribution in [0.1, 0.15) is 35.5 Å². The molecule has 1 aliphatic rings. The highest BCUT2D eigenvalue weighted by Crippen LogP contribution is 2.25. The van der Waals surface area contributed by atoms with Crippen LogP contribution in [0.5, 0.6) is 0 Å². The molecule has 0 bridgehead atoms. The van der Waals surface area contributed by atoms with E-state index in [1.165, 1.54) is 24.1 Å². The molecule has 5 heteroatoms. The van der Waals surface area contributed by atoms with Gasteiger partial charge in [0.2, 0.25) is 5.95 Å². The Labute approximate surface area is 113 Å². The van der Waals surface area contributed by atoms with E-state index in [-0.39, 0.29) is 0 Å². The van der Waals surface area contributed by atoms with Gasteiger partial charge in [0, 0.05) is 30.5 Å². The molecule has 3 rings (SSSR count). The van der Waals surface area contributed by atoms with E-state index in [1.54, 1.807) is 0 Å². The molecule has 0 radical (unpaired) electrons. The van der Waals surface area contributed by atoms with Crippen LogP contribution in [-0.4, -0.2) is 25.4 Å². The summed E-state index contributed by atoms with van der Waals surface area (Å²) >= 11 is 0. The third-order valence-corrected chi connectivity index (χ3v) is 3.79. The van der Waals surface area contributed by atoms with Crippen LogP contribution >= 0.6 is 0 Å². The first-order valence-electron chi connectivity index (χ1n) is 6.84. The van der Waals surface area contributed by atoms with Crippen LogP contribution in [0, 0.1) is 20.8 Å². The lowest BCUT2D eigenvalue weighted by Gasteiger charge is -2.09. The van der Waals surface area contributed by atoms with E-state index in [2.05, 4.69) is 40.0 Å². The summed E-state index contributed by atoms with van der Waals surface area (Å²) in [4.78, 5) is 4.58. The Bertz CT molecular complexity index is 604. The van der Waals surface area contributed by atoms with E-state index >= 15 is 0 Å². The van der Waals surface area contributed by atoms with Gasteiger partial charge in [0.25, 0.3) is 0 Å². The Hall–Kier alpha value is -1.78. The molecule has 1 N–H and O–H groups in total. The molecule has 0 saturated heterocycles. The molecule has 1 fully saturated rings. The van der Waals surface area contributed by atoms with Gasteiger partial charge in [-0.15, -0.1) is 0 Å². The number of aryl methyl sites for hydroxylation is 3. The molecule has 2 aromatic heterocycles. The fourth-order valence-electron chi connectivity index (χ4n) is 2.41. The Balaban J connectivity index is 1.89. The molecular formula is C14H21N5. The first-order chi connectivity index (χ1) is 9.04. The normalized spacial score (nSPS) is 14.9. The van der Waals surface area contributed by atoms with Gasteiger partial charge in [-0.2, -0.15) is 5.10 Å². The molecule has 0 amide bonds. The van der Waals surface area contributed by atoms with E-state index < -0.39 is 0 Å². The van der Waals surface area contributed by atoms with E-state index in [1.807, 2.05) is 18.7 Å². The number of anilines is 1. The van der Waals surface area contributed by atoms with Crippen LogP contribution in [0.2, 0.25) is 0 Å². The average molecular weight is 259 g/mol. The Morgan fingerprint density at radius 1 is 1.32 bits per heavy atom. The molecule has 19 heavy (non-hydrogen) atoms. The highest BCUT2D eigenvalue weighted by Gasteiger charge is 2.23. The van der Waals surface area contributed by atoms with Gasteiger partial charge in [-0.3, -0.25) is 4.68 Å². The summed E-state index contributed by atoms with van der Waals surface area (Å²) in [6.45, 7) is 7.06. The lowest BCUT2D eigenvalue weighted by Crippen LogP contribution is -2.10. The van der Waals surface area contributed by atoms with Crippen molar-refractivity contribution in [3.8, 4) is 0 Å². The van der Waals surface area contributed by atoms with Crippen molar-refractivity contribution >= 4 is 5.95 Å². The topological polar surface area (TPSA) is 47.7 Å². The van der Waals surface area contributed by atoms with Crippen LogP contribution in [0.25, 0.3) is 0 Å². The fraction of sp³-hybridized carbons (Fsp3) is 0.571. The molecule has 2 aromatic rings. The van der Waals surface area contributed by atoms with E-state index in [0.717, 1.165) is 23.9 Å². The van der Waals surface area contributed by atoms with Gasteiger partial charge in [0.1, 0.15) is 0 Å². The molecule has 2 heterocycles. The fourth-order valence-corrected chi connectivity index (χ4v) is 2.41. The quantitative estimate of drug-likeness (QED) is 0.915. The van der Waals surface area contributed by atoms with E-state index in [9.17, 15) is 0 Å². The Morgan fingerprint density at radius 3 is 2.63 bits per heavy atom. The van der Waals surface area contributed by atoms with Gasteiger partial charge in [-0.05, 0) is 33.6 Å². The number of nitrogens with one attached hydrogen (secondary N) is 1. The van der Waals surface area contributed by atoms with Gasteiger partial charge in [0.15, 0.2) is 0 Å². The number of hydrogen-bond donors (Lipinski definition) is 1. The summed E-state index contributed by atoms with van der Waals surface area (Å²) in [5, 5.41) is 7.97. The maximum absolute atomic E-state index is 4.58. The SMILES string of the molecule is Cc1cn(Cc2c(C)nn(C)c2C)c(NC2CC2)n1. The van der Waals surface area contributed by atoms with Gasteiger partial charge in [0.05, 0.1) is 17.9 Å². The molecule has 0 aliphatic heterocycles. The molecule has 1 saturated carbocycles. The highest BCUT2D eigenvalue weighted by atomic mass is 15.3. The lowest BCUT2D eigenvalue weighted by molar-refractivity contribution is 0.727. The summed E-state index contributed by atoms with van der Waals surface area (Å²) in [6, 6.07) is 0.622. The molecule has 0 spiro atoms. The van der Waals surface area contributed by atoms with Crippen molar-refractivity contribution in [2.45, 2.75) is 46.2 Å². The zero-order chi connectivity index (χ0) is 13.6. The molecular weight excluding hydrogens is 238 g/mol. The molecule has 5 nitrogen and oxygen atoms in total. The molecule has 102 valence electrons. The first-order valence-corrected chi connectivity index (χ1v) is 6.84. The van der Waals surface area contributed by atoms with Gasteiger partial charge >= 0.3 is 0 Å². The summed E-state index contributed by atoms with van der Waals surface area (Å²) in [7, 11) is 1.99. The molecule has 0 atom stereocenters. The molecule has 0 unspecified atom stereocenters. The zero-order valence-corrected chi connectivity index (χ0v) is 12.1. The third kappa shape index (κ3) is 2.37. The van der Waals surface area contributed by atoms with Crippen molar-refractivity contribution in [3.05, 3.63) is 28.8 Å². The zero-order valence-electron chi connectivity index (χ0n) is 12.1. The Kier molecular flexibility index (Phi) is 2.84. The summed E-state index contributed by atoms with van der Waals surface area (Å²) in [6.07, 6.45) is 4.63. The van der Waals surface area contributed by atoms with Gasteiger partial charge in [-0.25, -0.2) is 4.98 Å². The molecule has 0 aromatic carbocycles. The monoisotopic (exact) mass is 259 g/mol. The minimum Gasteiger partial charge on any atom is -0.353 e. The second kappa shape index (κ2) is 4.40. The predicted octanol–water partition coefficient (Wildman–Crippen LogP) is 2.16. The van der Waals surface area contributed by atoms with Crippen molar-refractivity contribution in [2.75, 3.05) is 5.32 Å². The third-order valence-electron chi connectivity index (χ3n) is 3.79. The van der Waals surface area contributed by atoms with Crippen LogP contribution < -0.4 is 5.32 Å². The standard InChI is InChI=1S/C14H21N5/c1-9-7-19(14(15-9)16-12-5-6-12)8-13-10(2)17-18(4)11(13)3/h7,12H,5-6,8H2,1-4H3,(H,15,16). The largest absolute Gasteiger partial charge is 0.353 e. The number of imidazole rings is 1. The van der Waals surface area contributed by atoms with Gasteiger partial charge < -0.3 is 9.88 Å². The van der Waals surface area contributed by atoms with Crippen LogP contribution in [-0.2, 0) is 13.6 Å². The van der Waals surface area contributed by atoms with Crippen LogP contribution in [0.3, 0.4) is 0 Å². The maximum Gasteiger partial charge on any atom is 0.203 e. The minimum absolute atomic E-state index is 0.622. The highest BCUT2D eigenvalue weighted by molar-refractivity contribution is 5.35. The van der Waals surface area contributed by atoms with Crippen molar-refractivity contribution in [2.24, 2.45) is 7.05 Å². The number of rotatable bonds is 4. The maximum atomic E-state index is 4.58. The summed E-state index contributed by atoms with van der Waals surface area (Å²) in [5.41, 5.74) is 4.67. The van der Waals surface area contributed by atoms with Crippen molar-refractivity contribution in [3.63, 3.8) is 0 Å². The van der Waals surface area contributed by atoms with Crippen molar-refractivity contribution in [1.82, 2.24) is 19.3 Å². The number of nitrogens with zero attached hydrogens (tertiary/aromatic N) is 4. The second-order valence-corrected chi connectivity index (χ2v) is 5.53. The van der Waals surface area contributed by atoms with E-state index in [0.29, 0.717) is 6.04 Å². The molecule has 1 aliphatic carbocycles. The predicted molar refractivity (Wildman–Crippen MR) is 75.4 cm³/mol. The van der Waals surface area contributed by atoms with Crippen molar-refractivity contribution in [1.29, 1.82) is 0 Å². The van der Waals surface area contributed by atoms with Gasteiger partial charge in [-0.1, -0.05) is 0 Å². The average Bonchev–Trinajstić information content (AvgIpc) is 3.04. The summed E-state index contributed by atoms with van der Waals surface area (Å²) in [5.74, 6) is 0.989.